The second-order valence-electron chi connectivity index (χ2n) is 5.39. The summed E-state index contributed by atoms with van der Waals surface area (Å²) in [4.78, 5) is 0. The molecule has 0 aromatic carbocycles. The zero-order valence-electron chi connectivity index (χ0n) is 10.9. The van der Waals surface area contributed by atoms with Crippen LogP contribution in [0.5, 0.6) is 0 Å². The van der Waals surface area contributed by atoms with E-state index in [0.29, 0.717) is 0 Å². The lowest BCUT2D eigenvalue weighted by atomic mass is 9.66. The minimum absolute atomic E-state index is 0.135. The fourth-order valence-electron chi connectivity index (χ4n) is 3.29. The molecule has 1 heterocycles. The molecule has 0 aromatic heterocycles. The van der Waals surface area contributed by atoms with Gasteiger partial charge in [0.25, 0.3) is 0 Å². The van der Waals surface area contributed by atoms with Crippen LogP contribution in [0.2, 0.25) is 0 Å². The van der Waals surface area contributed by atoms with Crippen molar-refractivity contribution in [3.05, 3.63) is 12.3 Å². The summed E-state index contributed by atoms with van der Waals surface area (Å²) in [7, 11) is 0. The smallest absolute Gasteiger partial charge is 0.0514 e. The number of allylic oxidation sites excluding steroid dienone is 1. The van der Waals surface area contributed by atoms with E-state index in [9.17, 15) is 0 Å². The molecular formula is C14H24N2. The number of hydrazone groups is 1. The summed E-state index contributed by atoms with van der Waals surface area (Å²) in [6.45, 7) is 11.9. The average Bonchev–Trinajstić information content (AvgIpc) is 2.55. The molecule has 0 spiro atoms. The maximum atomic E-state index is 4.67. The van der Waals surface area contributed by atoms with E-state index in [1.165, 1.54) is 43.5 Å². The molecule has 2 aliphatic rings. The highest BCUT2D eigenvalue weighted by atomic mass is 15.5. The molecule has 0 saturated heterocycles. The van der Waals surface area contributed by atoms with Gasteiger partial charge in [-0.15, -0.1) is 0 Å². The van der Waals surface area contributed by atoms with Crippen LogP contribution < -0.4 is 0 Å². The van der Waals surface area contributed by atoms with Gasteiger partial charge in [0.2, 0.25) is 0 Å². The first-order valence-corrected chi connectivity index (χ1v) is 6.63. The van der Waals surface area contributed by atoms with Crippen LogP contribution in [0.3, 0.4) is 0 Å². The third-order valence-electron chi connectivity index (χ3n) is 4.65. The lowest BCUT2D eigenvalue weighted by molar-refractivity contribution is 0.218. The highest BCUT2D eigenvalue weighted by Gasteiger charge is 2.45. The van der Waals surface area contributed by atoms with Crippen LogP contribution in [0.4, 0.5) is 0 Å². The Labute approximate surface area is 99.4 Å². The third kappa shape index (κ3) is 1.59. The van der Waals surface area contributed by atoms with Gasteiger partial charge in [-0.1, -0.05) is 25.8 Å². The molecule has 2 heteroatoms. The van der Waals surface area contributed by atoms with Crippen molar-refractivity contribution in [1.29, 1.82) is 0 Å². The zero-order valence-corrected chi connectivity index (χ0v) is 10.9. The van der Waals surface area contributed by atoms with E-state index >= 15 is 0 Å². The minimum Gasteiger partial charge on any atom is -0.270 e. The Morgan fingerprint density at radius 3 is 2.50 bits per heavy atom. The van der Waals surface area contributed by atoms with Crippen molar-refractivity contribution in [3.63, 3.8) is 0 Å². The Balaban J connectivity index is 2.23. The lowest BCUT2D eigenvalue weighted by Crippen LogP contribution is -2.36. The molecule has 1 aliphatic carbocycles. The van der Waals surface area contributed by atoms with E-state index in [1.54, 1.807) is 0 Å². The van der Waals surface area contributed by atoms with Gasteiger partial charge in [-0.2, -0.15) is 5.10 Å². The maximum absolute atomic E-state index is 4.67. The summed E-state index contributed by atoms with van der Waals surface area (Å²) in [5.74, 6) is 0.758. The molecule has 16 heavy (non-hydrogen) atoms. The van der Waals surface area contributed by atoms with Crippen molar-refractivity contribution < 1.29 is 0 Å². The molecule has 2 rings (SSSR count). The van der Waals surface area contributed by atoms with Crippen molar-refractivity contribution in [2.24, 2.45) is 16.4 Å². The monoisotopic (exact) mass is 220 g/mol. The van der Waals surface area contributed by atoms with E-state index in [4.69, 9.17) is 0 Å². The molecular weight excluding hydrogens is 196 g/mol. The first kappa shape index (κ1) is 11.7. The van der Waals surface area contributed by atoms with Gasteiger partial charge in [0.15, 0.2) is 0 Å². The molecule has 0 amide bonds. The van der Waals surface area contributed by atoms with Crippen LogP contribution in [-0.2, 0) is 0 Å². The summed E-state index contributed by atoms with van der Waals surface area (Å²) in [6, 6.07) is 0. The molecule has 0 N–H and O–H groups in total. The zero-order chi connectivity index (χ0) is 11.8. The summed E-state index contributed by atoms with van der Waals surface area (Å²) < 4.78 is 0. The highest BCUT2D eigenvalue weighted by molar-refractivity contribution is 5.92. The normalized spacial score (nSPS) is 32.1. The predicted octanol–water partition coefficient (Wildman–Crippen LogP) is 3.80. The number of nitrogens with zero attached hydrogens (tertiary/aromatic N) is 2. The van der Waals surface area contributed by atoms with E-state index in [-0.39, 0.29) is 5.41 Å². The van der Waals surface area contributed by atoms with Gasteiger partial charge >= 0.3 is 0 Å². The summed E-state index contributed by atoms with van der Waals surface area (Å²) in [5.41, 5.74) is 2.63. The van der Waals surface area contributed by atoms with Crippen LogP contribution in [0.25, 0.3) is 0 Å². The quantitative estimate of drug-likeness (QED) is 0.691. The van der Waals surface area contributed by atoms with Crippen molar-refractivity contribution >= 4 is 5.71 Å². The lowest BCUT2D eigenvalue weighted by Gasteiger charge is -2.38. The predicted molar refractivity (Wildman–Crippen MR) is 69.3 cm³/mol. The van der Waals surface area contributed by atoms with Crippen LogP contribution in [0.1, 0.15) is 52.9 Å². The Morgan fingerprint density at radius 1 is 1.38 bits per heavy atom. The van der Waals surface area contributed by atoms with Gasteiger partial charge in [-0.25, -0.2) is 0 Å². The Kier molecular flexibility index (Phi) is 3.09. The number of rotatable bonds is 2. The molecule has 1 atom stereocenters. The van der Waals surface area contributed by atoms with Crippen molar-refractivity contribution in [3.8, 4) is 0 Å². The fraction of sp³-hybridized carbons (Fsp3) is 0.786. The average molecular weight is 220 g/mol. The fourth-order valence-corrected chi connectivity index (χ4v) is 3.29. The van der Waals surface area contributed by atoms with Crippen LogP contribution in [-0.4, -0.2) is 17.3 Å². The maximum Gasteiger partial charge on any atom is 0.0514 e. The SMILES string of the molecule is C=C1N(CC)N=C(C)C1(C)C1CCCCC1. The van der Waals surface area contributed by atoms with Gasteiger partial charge in [0.1, 0.15) is 0 Å². The molecule has 0 aromatic rings. The van der Waals surface area contributed by atoms with Crippen LogP contribution in [0.15, 0.2) is 17.4 Å². The first-order valence-electron chi connectivity index (χ1n) is 6.63. The van der Waals surface area contributed by atoms with E-state index < -0.39 is 0 Å². The highest BCUT2D eigenvalue weighted by Crippen LogP contribution is 2.48. The second-order valence-corrected chi connectivity index (χ2v) is 5.39. The van der Waals surface area contributed by atoms with Gasteiger partial charge in [0.05, 0.1) is 5.41 Å². The Morgan fingerprint density at radius 2 is 2.00 bits per heavy atom. The molecule has 90 valence electrons. The number of hydrogen-bond acceptors (Lipinski definition) is 2. The molecule has 1 unspecified atom stereocenters. The van der Waals surface area contributed by atoms with Crippen LogP contribution >= 0.6 is 0 Å². The summed E-state index contributed by atoms with van der Waals surface area (Å²) in [5, 5.41) is 6.75. The van der Waals surface area contributed by atoms with Crippen molar-refractivity contribution in [2.45, 2.75) is 52.9 Å². The Bertz CT molecular complexity index is 313. The molecule has 1 fully saturated rings. The summed E-state index contributed by atoms with van der Waals surface area (Å²) in [6.07, 6.45) is 6.87. The first-order chi connectivity index (χ1) is 7.60. The molecule has 1 saturated carbocycles. The van der Waals surface area contributed by atoms with Gasteiger partial charge in [-0.05, 0) is 39.5 Å². The van der Waals surface area contributed by atoms with Crippen molar-refractivity contribution in [2.75, 3.05) is 6.54 Å². The topological polar surface area (TPSA) is 15.6 Å². The molecule has 0 bridgehead atoms. The van der Waals surface area contributed by atoms with E-state index in [1.807, 2.05) is 0 Å². The van der Waals surface area contributed by atoms with Gasteiger partial charge < -0.3 is 0 Å². The van der Waals surface area contributed by atoms with Crippen LogP contribution in [0, 0.1) is 11.3 Å². The molecule has 2 nitrogen and oxygen atoms in total. The largest absolute Gasteiger partial charge is 0.270 e. The minimum atomic E-state index is 0.135. The van der Waals surface area contributed by atoms with E-state index in [2.05, 4.69) is 37.5 Å². The van der Waals surface area contributed by atoms with Gasteiger partial charge in [-0.3, -0.25) is 5.01 Å². The molecule has 0 radical (unpaired) electrons. The van der Waals surface area contributed by atoms with E-state index in [0.717, 1.165) is 12.5 Å². The van der Waals surface area contributed by atoms with Gasteiger partial charge in [0, 0.05) is 18.0 Å². The molecule has 1 aliphatic heterocycles. The Hall–Kier alpha value is -0.790. The standard InChI is InChI=1S/C14H24N2/c1-5-16-12(3)14(4,11(2)15-16)13-9-7-6-8-10-13/h13H,3,5-10H2,1-2,4H3. The third-order valence-corrected chi connectivity index (χ3v) is 4.65. The number of hydrogen-bond donors (Lipinski definition) is 0. The van der Waals surface area contributed by atoms with Crippen molar-refractivity contribution in [1.82, 2.24) is 5.01 Å². The summed E-state index contributed by atoms with van der Waals surface area (Å²) >= 11 is 0. The second kappa shape index (κ2) is 4.23.